The Labute approximate surface area is 189 Å². The molecule has 3 N–H and O–H groups in total. The highest BCUT2D eigenvalue weighted by Crippen LogP contribution is 2.31. The summed E-state index contributed by atoms with van der Waals surface area (Å²) in [5, 5.41) is 7.93. The van der Waals surface area contributed by atoms with Crippen LogP contribution in [0.25, 0.3) is 0 Å². The van der Waals surface area contributed by atoms with Crippen LogP contribution in [0.5, 0.6) is 0 Å². The van der Waals surface area contributed by atoms with Gasteiger partial charge in [-0.05, 0) is 49.4 Å². The smallest absolute Gasteiger partial charge is 0.336 e. The van der Waals surface area contributed by atoms with Crippen LogP contribution in [0.3, 0.4) is 0 Å². The van der Waals surface area contributed by atoms with Crippen molar-refractivity contribution < 1.29 is 22.8 Å². The van der Waals surface area contributed by atoms with E-state index in [-0.39, 0.29) is 18.8 Å². The van der Waals surface area contributed by atoms with E-state index in [4.69, 9.17) is 0 Å². The number of halogens is 3. The van der Waals surface area contributed by atoms with Gasteiger partial charge in [0.15, 0.2) is 0 Å². The molecule has 9 heteroatoms. The minimum Gasteiger partial charge on any atom is -0.336 e. The van der Waals surface area contributed by atoms with Gasteiger partial charge in [0.05, 0.1) is 5.56 Å². The van der Waals surface area contributed by atoms with Crippen LogP contribution < -0.4 is 20.9 Å². The van der Waals surface area contributed by atoms with Crippen LogP contribution in [0.1, 0.15) is 11.1 Å². The fraction of sp³-hybridized carbons (Fsp3) is 0.167. The van der Waals surface area contributed by atoms with Crippen molar-refractivity contribution in [2.75, 3.05) is 28.6 Å². The van der Waals surface area contributed by atoms with Gasteiger partial charge in [-0.25, -0.2) is 9.59 Å². The van der Waals surface area contributed by atoms with E-state index in [1.807, 2.05) is 13.0 Å². The van der Waals surface area contributed by atoms with Gasteiger partial charge < -0.3 is 16.0 Å². The van der Waals surface area contributed by atoms with Crippen LogP contribution in [0.4, 0.5) is 39.8 Å². The zero-order chi connectivity index (χ0) is 23.8. The van der Waals surface area contributed by atoms with Crippen molar-refractivity contribution >= 4 is 29.1 Å². The summed E-state index contributed by atoms with van der Waals surface area (Å²) in [6, 6.07) is 19.1. The molecule has 3 aromatic carbocycles. The summed E-state index contributed by atoms with van der Waals surface area (Å²) >= 11 is 0. The Bertz CT molecular complexity index is 1090. The minimum atomic E-state index is -4.55. The van der Waals surface area contributed by atoms with Gasteiger partial charge in [0.1, 0.15) is 0 Å². The number of nitrogens with zero attached hydrogens (tertiary/aromatic N) is 1. The van der Waals surface area contributed by atoms with E-state index in [1.54, 1.807) is 48.5 Å². The van der Waals surface area contributed by atoms with Crippen LogP contribution in [0.2, 0.25) is 0 Å². The number of anilines is 3. The average molecular weight is 456 g/mol. The Morgan fingerprint density at radius 3 is 2.18 bits per heavy atom. The molecule has 0 saturated heterocycles. The van der Waals surface area contributed by atoms with E-state index in [2.05, 4.69) is 16.0 Å². The molecule has 3 rings (SSSR count). The largest absolute Gasteiger partial charge is 0.416 e. The van der Waals surface area contributed by atoms with E-state index in [1.165, 1.54) is 12.1 Å². The lowest BCUT2D eigenvalue weighted by atomic mass is 10.2. The molecule has 0 unspecified atom stereocenters. The summed E-state index contributed by atoms with van der Waals surface area (Å²) in [4.78, 5) is 26.2. The topological polar surface area (TPSA) is 73.5 Å². The maximum atomic E-state index is 13.2. The SMILES string of the molecule is Cc1ccc(NC(=O)N(CCNC(=O)Nc2ccccc2)c2cccc(C(F)(F)F)c2)cc1. The quantitative estimate of drug-likeness (QED) is 0.434. The van der Waals surface area contributed by atoms with Gasteiger partial charge in [0.25, 0.3) is 0 Å². The van der Waals surface area contributed by atoms with Crippen LogP contribution in [0.15, 0.2) is 78.9 Å². The molecule has 172 valence electrons. The molecule has 6 nitrogen and oxygen atoms in total. The number of carbonyl (C=O) groups excluding carboxylic acids is 2. The molecular weight excluding hydrogens is 433 g/mol. The molecule has 0 heterocycles. The summed E-state index contributed by atoms with van der Waals surface area (Å²) in [5.74, 6) is 0. The molecular formula is C24H23F3N4O2. The summed E-state index contributed by atoms with van der Waals surface area (Å²) in [5.41, 5.74) is 1.26. The molecule has 0 bridgehead atoms. The first-order valence-electron chi connectivity index (χ1n) is 10.1. The molecule has 0 fully saturated rings. The molecule has 0 aliphatic carbocycles. The van der Waals surface area contributed by atoms with Gasteiger partial charge >= 0.3 is 18.2 Å². The molecule has 0 aliphatic heterocycles. The van der Waals surface area contributed by atoms with Gasteiger partial charge in [-0.1, -0.05) is 42.0 Å². The first kappa shape index (κ1) is 23.6. The predicted molar refractivity (Wildman–Crippen MR) is 122 cm³/mol. The molecule has 3 aromatic rings. The normalized spacial score (nSPS) is 10.9. The van der Waals surface area contributed by atoms with E-state index >= 15 is 0 Å². The van der Waals surface area contributed by atoms with E-state index in [9.17, 15) is 22.8 Å². The average Bonchev–Trinajstić information content (AvgIpc) is 2.78. The first-order chi connectivity index (χ1) is 15.7. The highest BCUT2D eigenvalue weighted by molar-refractivity contribution is 6.02. The second kappa shape index (κ2) is 10.5. The lowest BCUT2D eigenvalue weighted by Crippen LogP contribution is -2.42. The van der Waals surface area contributed by atoms with E-state index in [0.29, 0.717) is 11.4 Å². The van der Waals surface area contributed by atoms with Gasteiger partial charge in [0, 0.05) is 30.2 Å². The predicted octanol–water partition coefficient (Wildman–Crippen LogP) is 5.87. The standard InChI is InChI=1S/C24H23F3N4O2/c1-17-10-12-20(13-11-17)30-23(33)31(21-9-5-6-18(16-21)24(25,26)27)15-14-28-22(32)29-19-7-3-2-4-8-19/h2-13,16H,14-15H2,1H3,(H,30,33)(H2,28,29,32). The Morgan fingerprint density at radius 2 is 1.52 bits per heavy atom. The van der Waals surface area contributed by atoms with Gasteiger partial charge in [-0.2, -0.15) is 13.2 Å². The first-order valence-corrected chi connectivity index (χ1v) is 10.1. The Morgan fingerprint density at radius 1 is 0.848 bits per heavy atom. The summed E-state index contributed by atoms with van der Waals surface area (Å²) < 4.78 is 39.6. The van der Waals surface area contributed by atoms with Crippen LogP contribution in [-0.2, 0) is 6.18 Å². The van der Waals surface area contributed by atoms with Gasteiger partial charge in [0.2, 0.25) is 0 Å². The van der Waals surface area contributed by atoms with Gasteiger partial charge in [-0.15, -0.1) is 0 Å². The third kappa shape index (κ3) is 6.99. The maximum Gasteiger partial charge on any atom is 0.416 e. The van der Waals surface area contributed by atoms with Crippen molar-refractivity contribution in [1.82, 2.24) is 5.32 Å². The molecule has 0 aromatic heterocycles. The van der Waals surface area contributed by atoms with Crippen molar-refractivity contribution in [3.8, 4) is 0 Å². The zero-order valence-corrected chi connectivity index (χ0v) is 17.8. The number of urea groups is 2. The number of rotatable bonds is 6. The van der Waals surface area contributed by atoms with E-state index in [0.717, 1.165) is 22.6 Å². The van der Waals surface area contributed by atoms with Crippen LogP contribution >= 0.6 is 0 Å². The van der Waals surface area contributed by atoms with Crippen molar-refractivity contribution in [3.63, 3.8) is 0 Å². The van der Waals surface area contributed by atoms with Crippen molar-refractivity contribution in [2.45, 2.75) is 13.1 Å². The molecule has 4 amide bonds. The zero-order valence-electron chi connectivity index (χ0n) is 17.8. The lowest BCUT2D eigenvalue weighted by Gasteiger charge is -2.24. The summed E-state index contributed by atoms with van der Waals surface area (Å²) in [6.07, 6.45) is -4.55. The second-order valence-corrected chi connectivity index (χ2v) is 7.24. The number of carbonyl (C=O) groups is 2. The van der Waals surface area contributed by atoms with Crippen LogP contribution in [-0.4, -0.2) is 25.2 Å². The number of hydrogen-bond acceptors (Lipinski definition) is 2. The number of aryl methyl sites for hydroxylation is 1. The van der Waals surface area contributed by atoms with Crippen molar-refractivity contribution in [3.05, 3.63) is 90.0 Å². The molecule has 0 atom stereocenters. The van der Waals surface area contributed by atoms with Crippen molar-refractivity contribution in [2.24, 2.45) is 0 Å². The number of hydrogen-bond donors (Lipinski definition) is 3. The fourth-order valence-corrected chi connectivity index (χ4v) is 3.00. The fourth-order valence-electron chi connectivity index (χ4n) is 3.00. The molecule has 0 aliphatic rings. The van der Waals surface area contributed by atoms with Crippen LogP contribution in [0, 0.1) is 6.92 Å². The third-order valence-electron chi connectivity index (χ3n) is 4.69. The Balaban J connectivity index is 1.73. The van der Waals surface area contributed by atoms with Crippen molar-refractivity contribution in [1.29, 1.82) is 0 Å². The third-order valence-corrected chi connectivity index (χ3v) is 4.69. The number of benzene rings is 3. The monoisotopic (exact) mass is 456 g/mol. The molecule has 0 radical (unpaired) electrons. The molecule has 0 saturated carbocycles. The van der Waals surface area contributed by atoms with Gasteiger partial charge in [-0.3, -0.25) is 4.90 Å². The summed E-state index contributed by atoms with van der Waals surface area (Å²) in [7, 11) is 0. The number of nitrogens with one attached hydrogen (secondary N) is 3. The summed E-state index contributed by atoms with van der Waals surface area (Å²) in [6.45, 7) is 1.85. The Hall–Kier alpha value is -4.01. The second-order valence-electron chi connectivity index (χ2n) is 7.24. The number of alkyl halides is 3. The lowest BCUT2D eigenvalue weighted by molar-refractivity contribution is -0.137. The highest BCUT2D eigenvalue weighted by Gasteiger charge is 2.31. The highest BCUT2D eigenvalue weighted by atomic mass is 19.4. The minimum absolute atomic E-state index is 0.0101. The maximum absolute atomic E-state index is 13.2. The molecule has 33 heavy (non-hydrogen) atoms. The number of para-hydroxylation sites is 1. The molecule has 0 spiro atoms. The van der Waals surface area contributed by atoms with E-state index < -0.39 is 23.8 Å². The Kier molecular flexibility index (Phi) is 7.55. The number of amides is 4.